The van der Waals surface area contributed by atoms with Crippen LogP contribution in [0.1, 0.15) is 17.9 Å². The van der Waals surface area contributed by atoms with Gasteiger partial charge >= 0.3 is 0 Å². The number of pyridine rings is 1. The summed E-state index contributed by atoms with van der Waals surface area (Å²) in [5, 5.41) is 4.18. The van der Waals surface area contributed by atoms with Gasteiger partial charge in [-0.3, -0.25) is 9.78 Å². The van der Waals surface area contributed by atoms with Crippen molar-refractivity contribution in [3.63, 3.8) is 0 Å². The van der Waals surface area contributed by atoms with E-state index in [1.807, 2.05) is 19.1 Å². The normalized spacial score (nSPS) is 27.4. The van der Waals surface area contributed by atoms with Crippen molar-refractivity contribution in [1.82, 2.24) is 15.2 Å². The van der Waals surface area contributed by atoms with E-state index in [4.69, 9.17) is 4.42 Å². The van der Waals surface area contributed by atoms with Crippen LogP contribution in [0.4, 0.5) is 0 Å². The molecule has 0 aliphatic carbocycles. The summed E-state index contributed by atoms with van der Waals surface area (Å²) in [5.74, 6) is 1.58. The number of furan rings is 1. The van der Waals surface area contributed by atoms with Gasteiger partial charge in [-0.25, -0.2) is 0 Å². The minimum absolute atomic E-state index is 0.0702. The summed E-state index contributed by atoms with van der Waals surface area (Å²) >= 11 is 0. The van der Waals surface area contributed by atoms with Crippen LogP contribution in [0.2, 0.25) is 0 Å². The Morgan fingerprint density at radius 3 is 3.14 bits per heavy atom. The maximum absolute atomic E-state index is 12.2. The summed E-state index contributed by atoms with van der Waals surface area (Å²) in [7, 11) is 0. The van der Waals surface area contributed by atoms with E-state index in [9.17, 15) is 4.79 Å². The second-order valence-electron chi connectivity index (χ2n) is 6.23. The van der Waals surface area contributed by atoms with Crippen LogP contribution in [0, 0.1) is 12.8 Å². The molecule has 0 saturated carbocycles. The van der Waals surface area contributed by atoms with Gasteiger partial charge in [0.05, 0.1) is 18.3 Å². The number of rotatable bonds is 3. The number of aromatic nitrogens is 1. The van der Waals surface area contributed by atoms with Gasteiger partial charge in [0.2, 0.25) is 5.91 Å². The van der Waals surface area contributed by atoms with Crippen molar-refractivity contribution in [1.29, 1.82) is 0 Å². The molecule has 4 heterocycles. The molecule has 0 radical (unpaired) electrons. The van der Waals surface area contributed by atoms with Crippen molar-refractivity contribution < 1.29 is 9.21 Å². The highest BCUT2D eigenvalue weighted by Crippen LogP contribution is 2.27. The van der Waals surface area contributed by atoms with Crippen molar-refractivity contribution >= 4 is 16.9 Å². The zero-order valence-electron chi connectivity index (χ0n) is 12.1. The van der Waals surface area contributed by atoms with Crippen LogP contribution < -0.4 is 5.32 Å². The molecule has 2 aliphatic heterocycles. The first-order valence-electron chi connectivity index (χ1n) is 7.54. The van der Waals surface area contributed by atoms with E-state index >= 15 is 0 Å². The summed E-state index contributed by atoms with van der Waals surface area (Å²) in [4.78, 5) is 18.9. The zero-order valence-corrected chi connectivity index (χ0v) is 12.1. The molecule has 1 amide bonds. The molecule has 2 fully saturated rings. The van der Waals surface area contributed by atoms with Crippen molar-refractivity contribution in [3.8, 4) is 0 Å². The molecule has 110 valence electrons. The van der Waals surface area contributed by atoms with Gasteiger partial charge in [0.1, 0.15) is 5.76 Å². The molecule has 1 N–H and O–H groups in total. The van der Waals surface area contributed by atoms with Crippen LogP contribution in [-0.2, 0) is 11.2 Å². The van der Waals surface area contributed by atoms with Crippen LogP contribution in [0.15, 0.2) is 22.7 Å². The highest BCUT2D eigenvalue weighted by molar-refractivity contribution is 5.81. The number of carbonyl (C=O) groups excluding carboxylic acids is 1. The number of hydrogen-bond donors (Lipinski definition) is 1. The van der Waals surface area contributed by atoms with Crippen LogP contribution in [0.3, 0.4) is 0 Å². The van der Waals surface area contributed by atoms with Gasteiger partial charge in [-0.2, -0.15) is 0 Å². The predicted molar refractivity (Wildman–Crippen MR) is 78.9 cm³/mol. The van der Waals surface area contributed by atoms with E-state index in [0.29, 0.717) is 18.4 Å². The highest BCUT2D eigenvalue weighted by Gasteiger charge is 2.38. The number of aryl methyl sites for hydroxylation is 1. The van der Waals surface area contributed by atoms with Gasteiger partial charge < -0.3 is 14.6 Å². The van der Waals surface area contributed by atoms with Crippen molar-refractivity contribution in [2.24, 2.45) is 5.92 Å². The molecule has 2 aliphatic rings. The first-order chi connectivity index (χ1) is 10.2. The molecule has 4 rings (SSSR count). The average molecular weight is 285 g/mol. The lowest BCUT2D eigenvalue weighted by Crippen LogP contribution is -2.43. The Hall–Kier alpha value is -1.88. The Labute approximate surface area is 123 Å². The van der Waals surface area contributed by atoms with Crippen molar-refractivity contribution in [2.45, 2.75) is 25.8 Å². The van der Waals surface area contributed by atoms with Gasteiger partial charge in [-0.15, -0.1) is 0 Å². The van der Waals surface area contributed by atoms with Gasteiger partial charge in [0, 0.05) is 24.5 Å². The second-order valence-corrected chi connectivity index (χ2v) is 6.23. The molecule has 3 atom stereocenters. The minimum atomic E-state index is 0.0702. The molecule has 0 aromatic carbocycles. The number of amides is 1. The molecule has 5 nitrogen and oxygen atoms in total. The summed E-state index contributed by atoms with van der Waals surface area (Å²) in [6.07, 6.45) is 3.25. The van der Waals surface area contributed by atoms with Gasteiger partial charge in [0.25, 0.3) is 0 Å². The van der Waals surface area contributed by atoms with Crippen molar-refractivity contribution in [2.75, 3.05) is 19.6 Å². The van der Waals surface area contributed by atoms with Crippen LogP contribution >= 0.6 is 0 Å². The fourth-order valence-electron chi connectivity index (χ4n) is 3.59. The molecular formula is C16H19N3O2. The fourth-order valence-corrected chi connectivity index (χ4v) is 3.59. The lowest BCUT2D eigenvalue weighted by Gasteiger charge is -2.23. The Balaban J connectivity index is 1.43. The monoisotopic (exact) mass is 285 g/mol. The third kappa shape index (κ3) is 2.42. The summed E-state index contributed by atoms with van der Waals surface area (Å²) < 4.78 is 5.50. The van der Waals surface area contributed by atoms with Crippen molar-refractivity contribution in [3.05, 3.63) is 29.8 Å². The lowest BCUT2D eigenvalue weighted by atomic mass is 10.00. The quantitative estimate of drug-likeness (QED) is 0.928. The summed E-state index contributed by atoms with van der Waals surface area (Å²) in [5.41, 5.74) is 1.57. The molecule has 2 bridgehead atoms. The molecule has 2 aromatic heterocycles. The van der Waals surface area contributed by atoms with Crippen LogP contribution in [0.5, 0.6) is 0 Å². The summed E-state index contributed by atoms with van der Waals surface area (Å²) in [6.45, 7) is 5.25. The van der Waals surface area contributed by atoms with Gasteiger partial charge in [-0.05, 0) is 37.9 Å². The first kappa shape index (κ1) is 12.8. The van der Waals surface area contributed by atoms with E-state index in [0.717, 1.165) is 35.5 Å². The molecule has 2 saturated heterocycles. The van der Waals surface area contributed by atoms with Crippen LogP contribution in [-0.4, -0.2) is 41.5 Å². The SMILES string of the molecule is Cc1cc2cc(CC(=O)NC3CN4CCC3C4)ncc2o1. The Morgan fingerprint density at radius 1 is 1.48 bits per heavy atom. The van der Waals surface area contributed by atoms with E-state index < -0.39 is 0 Å². The molecule has 3 unspecified atom stereocenters. The number of carbonyl (C=O) groups is 1. The Bertz CT molecular complexity index is 694. The second kappa shape index (κ2) is 4.84. The topological polar surface area (TPSA) is 58.4 Å². The number of piperidine rings is 1. The lowest BCUT2D eigenvalue weighted by molar-refractivity contribution is -0.121. The van der Waals surface area contributed by atoms with Gasteiger partial charge in [0.15, 0.2) is 5.58 Å². The predicted octanol–water partition coefficient (Wildman–Crippen LogP) is 1.50. The molecule has 2 aromatic rings. The maximum Gasteiger partial charge on any atom is 0.226 e. The van der Waals surface area contributed by atoms with Crippen LogP contribution in [0.25, 0.3) is 11.0 Å². The molecular weight excluding hydrogens is 266 g/mol. The number of nitrogens with one attached hydrogen (secondary N) is 1. The largest absolute Gasteiger partial charge is 0.460 e. The zero-order chi connectivity index (χ0) is 14.4. The van der Waals surface area contributed by atoms with E-state index in [1.54, 1.807) is 6.20 Å². The standard InChI is InChI=1S/C16H19N3O2/c1-10-4-12-5-13(17-7-15(12)21-10)6-16(20)18-14-9-19-3-2-11(14)8-19/h4-5,7,11,14H,2-3,6,8-9H2,1H3,(H,18,20). The Kier molecular flexibility index (Phi) is 2.96. The minimum Gasteiger partial charge on any atom is -0.460 e. The third-order valence-corrected chi connectivity index (χ3v) is 4.60. The first-order valence-corrected chi connectivity index (χ1v) is 7.54. The number of nitrogens with zero attached hydrogens (tertiary/aromatic N) is 2. The smallest absolute Gasteiger partial charge is 0.226 e. The fraction of sp³-hybridized carbons (Fsp3) is 0.500. The molecule has 21 heavy (non-hydrogen) atoms. The van der Waals surface area contributed by atoms with E-state index in [2.05, 4.69) is 15.2 Å². The summed E-state index contributed by atoms with van der Waals surface area (Å²) in [6, 6.07) is 4.24. The highest BCUT2D eigenvalue weighted by atomic mass is 16.3. The third-order valence-electron chi connectivity index (χ3n) is 4.60. The average Bonchev–Trinajstić information content (AvgIpc) is 3.11. The molecule has 0 spiro atoms. The number of fused-ring (bicyclic) bond motifs is 3. The maximum atomic E-state index is 12.2. The van der Waals surface area contributed by atoms with E-state index in [1.165, 1.54) is 13.0 Å². The number of hydrogen-bond acceptors (Lipinski definition) is 4. The Morgan fingerprint density at radius 2 is 2.38 bits per heavy atom. The van der Waals surface area contributed by atoms with Gasteiger partial charge in [-0.1, -0.05) is 0 Å². The molecule has 5 heteroatoms. The van der Waals surface area contributed by atoms with E-state index in [-0.39, 0.29) is 5.91 Å².